The number of nitrogens with one attached hydrogen (secondary N) is 1. The summed E-state index contributed by atoms with van der Waals surface area (Å²) in [6, 6.07) is 17.5. The number of benzene rings is 1. The third-order valence-electron chi connectivity index (χ3n) is 4.59. The van der Waals surface area contributed by atoms with Crippen molar-refractivity contribution in [2.24, 2.45) is 0 Å². The van der Waals surface area contributed by atoms with Gasteiger partial charge in [-0.1, -0.05) is 30.3 Å². The second-order valence-electron chi connectivity index (χ2n) is 6.37. The van der Waals surface area contributed by atoms with E-state index >= 15 is 0 Å². The predicted molar refractivity (Wildman–Crippen MR) is 103 cm³/mol. The first-order valence-electron chi connectivity index (χ1n) is 8.99. The normalized spacial score (nSPS) is 14.2. The third-order valence-corrected chi connectivity index (χ3v) is 4.59. The number of rotatable bonds is 5. The summed E-state index contributed by atoms with van der Waals surface area (Å²) in [5, 5.41) is 11.9. The van der Waals surface area contributed by atoms with Crippen LogP contribution in [0, 0.1) is 0 Å². The lowest BCUT2D eigenvalue weighted by Crippen LogP contribution is -2.49. The van der Waals surface area contributed by atoms with Crippen molar-refractivity contribution in [1.29, 1.82) is 0 Å². The van der Waals surface area contributed by atoms with E-state index in [-0.39, 0.29) is 5.91 Å². The van der Waals surface area contributed by atoms with Crippen molar-refractivity contribution in [2.45, 2.75) is 6.54 Å². The van der Waals surface area contributed by atoms with Crippen LogP contribution in [0.15, 0.2) is 65.3 Å². The molecule has 1 saturated heterocycles. The highest BCUT2D eigenvalue weighted by Crippen LogP contribution is 2.16. The fourth-order valence-electron chi connectivity index (χ4n) is 3.07. The molecule has 3 heterocycles. The molecule has 1 aliphatic rings. The van der Waals surface area contributed by atoms with Gasteiger partial charge in [-0.2, -0.15) is 0 Å². The van der Waals surface area contributed by atoms with E-state index in [0.717, 1.165) is 24.7 Å². The van der Waals surface area contributed by atoms with Crippen LogP contribution in [0.2, 0.25) is 0 Å². The van der Waals surface area contributed by atoms with E-state index in [9.17, 15) is 4.79 Å². The summed E-state index contributed by atoms with van der Waals surface area (Å²) in [5.74, 6) is 1.89. The number of carbonyl (C=O) groups excluding carboxylic acids is 1. The van der Waals surface area contributed by atoms with E-state index in [0.29, 0.717) is 25.4 Å². The number of piperazine rings is 1. The lowest BCUT2D eigenvalue weighted by Gasteiger charge is -2.34. The molecule has 4 rings (SSSR count). The Morgan fingerprint density at radius 1 is 0.963 bits per heavy atom. The van der Waals surface area contributed by atoms with Crippen LogP contribution in [-0.2, 0) is 6.54 Å². The molecule has 1 fully saturated rings. The van der Waals surface area contributed by atoms with Gasteiger partial charge >= 0.3 is 0 Å². The van der Waals surface area contributed by atoms with Gasteiger partial charge in [0.1, 0.15) is 5.82 Å². The molecule has 0 spiro atoms. The molecule has 0 saturated carbocycles. The number of anilines is 2. The summed E-state index contributed by atoms with van der Waals surface area (Å²) in [6.45, 7) is 3.42. The van der Waals surface area contributed by atoms with Crippen molar-refractivity contribution in [1.82, 2.24) is 15.1 Å². The lowest BCUT2D eigenvalue weighted by molar-refractivity contribution is 0.0714. The largest absolute Gasteiger partial charge is 0.459 e. The summed E-state index contributed by atoms with van der Waals surface area (Å²) in [7, 11) is 0. The zero-order valence-corrected chi connectivity index (χ0v) is 14.9. The fraction of sp³-hybridized carbons (Fsp3) is 0.250. The molecule has 138 valence electrons. The molecule has 7 nitrogen and oxygen atoms in total. The molecule has 1 aliphatic heterocycles. The zero-order valence-electron chi connectivity index (χ0n) is 14.9. The molecule has 2 aromatic heterocycles. The molecule has 1 amide bonds. The smallest absolute Gasteiger partial charge is 0.289 e. The molecule has 0 aliphatic carbocycles. The maximum Gasteiger partial charge on any atom is 0.289 e. The molecule has 0 bridgehead atoms. The quantitative estimate of drug-likeness (QED) is 0.751. The van der Waals surface area contributed by atoms with E-state index < -0.39 is 0 Å². The predicted octanol–water partition coefficient (Wildman–Crippen LogP) is 2.64. The van der Waals surface area contributed by atoms with Crippen molar-refractivity contribution in [3.63, 3.8) is 0 Å². The molecule has 0 radical (unpaired) electrons. The average Bonchev–Trinajstić information content (AvgIpc) is 3.28. The highest BCUT2D eigenvalue weighted by Gasteiger charge is 2.24. The molecule has 3 aromatic rings. The Hall–Kier alpha value is -3.35. The first-order chi connectivity index (χ1) is 13.3. The summed E-state index contributed by atoms with van der Waals surface area (Å²) >= 11 is 0. The standard InChI is InChI=1S/C20H21N5O2/c26-20(17-7-4-14-27-17)25-12-10-24(11-13-25)19-9-8-18(22-23-19)21-15-16-5-2-1-3-6-16/h1-9,14H,10-13,15H2,(H,21,22). The Morgan fingerprint density at radius 3 is 2.44 bits per heavy atom. The topological polar surface area (TPSA) is 74.5 Å². The van der Waals surface area contributed by atoms with Crippen molar-refractivity contribution >= 4 is 17.5 Å². The van der Waals surface area contributed by atoms with E-state index in [4.69, 9.17) is 4.42 Å². The number of nitrogens with zero attached hydrogens (tertiary/aromatic N) is 4. The zero-order chi connectivity index (χ0) is 18.5. The van der Waals surface area contributed by atoms with E-state index in [1.54, 1.807) is 17.0 Å². The lowest BCUT2D eigenvalue weighted by atomic mass is 10.2. The van der Waals surface area contributed by atoms with Crippen molar-refractivity contribution in [3.8, 4) is 0 Å². The molecule has 1 N–H and O–H groups in total. The van der Waals surface area contributed by atoms with Gasteiger partial charge in [0.25, 0.3) is 5.91 Å². The van der Waals surface area contributed by atoms with Crippen LogP contribution in [-0.4, -0.2) is 47.2 Å². The van der Waals surface area contributed by atoms with Gasteiger partial charge < -0.3 is 19.5 Å². The Kier molecular flexibility index (Phi) is 5.00. The number of aromatic nitrogens is 2. The first kappa shape index (κ1) is 17.1. The van der Waals surface area contributed by atoms with Crippen LogP contribution >= 0.6 is 0 Å². The van der Waals surface area contributed by atoms with E-state index in [1.165, 1.54) is 11.8 Å². The number of hydrogen-bond acceptors (Lipinski definition) is 6. The van der Waals surface area contributed by atoms with Crippen molar-refractivity contribution < 1.29 is 9.21 Å². The minimum absolute atomic E-state index is 0.0637. The second-order valence-corrected chi connectivity index (χ2v) is 6.37. The Balaban J connectivity index is 1.30. The Labute approximate surface area is 157 Å². The first-order valence-corrected chi connectivity index (χ1v) is 8.99. The minimum atomic E-state index is -0.0637. The van der Waals surface area contributed by atoms with Gasteiger partial charge in [-0.05, 0) is 29.8 Å². The average molecular weight is 363 g/mol. The van der Waals surface area contributed by atoms with Gasteiger partial charge in [-0.15, -0.1) is 10.2 Å². The van der Waals surface area contributed by atoms with Crippen molar-refractivity contribution in [3.05, 3.63) is 72.2 Å². The van der Waals surface area contributed by atoms with Crippen LogP contribution in [0.3, 0.4) is 0 Å². The van der Waals surface area contributed by atoms with E-state index in [2.05, 4.69) is 32.5 Å². The molecule has 7 heteroatoms. The van der Waals surface area contributed by atoms with Gasteiger partial charge in [-0.3, -0.25) is 4.79 Å². The Bertz CT molecular complexity index is 857. The van der Waals surface area contributed by atoms with Gasteiger partial charge in [0.05, 0.1) is 6.26 Å². The molecular formula is C20H21N5O2. The molecule has 1 aromatic carbocycles. The number of carbonyl (C=O) groups is 1. The molecule has 0 atom stereocenters. The van der Waals surface area contributed by atoms with Crippen LogP contribution in [0.5, 0.6) is 0 Å². The highest BCUT2D eigenvalue weighted by atomic mass is 16.3. The maximum atomic E-state index is 12.3. The van der Waals surface area contributed by atoms with Gasteiger partial charge in [0, 0.05) is 32.7 Å². The van der Waals surface area contributed by atoms with Crippen LogP contribution < -0.4 is 10.2 Å². The van der Waals surface area contributed by atoms with Gasteiger partial charge in [-0.25, -0.2) is 0 Å². The molecule has 27 heavy (non-hydrogen) atoms. The summed E-state index contributed by atoms with van der Waals surface area (Å²) < 4.78 is 5.19. The fourth-order valence-corrected chi connectivity index (χ4v) is 3.07. The minimum Gasteiger partial charge on any atom is -0.459 e. The molecule has 0 unspecified atom stereocenters. The Morgan fingerprint density at radius 2 is 1.78 bits per heavy atom. The number of furan rings is 1. The van der Waals surface area contributed by atoms with Gasteiger partial charge in [0.15, 0.2) is 11.6 Å². The number of amides is 1. The van der Waals surface area contributed by atoms with E-state index in [1.807, 2.05) is 30.3 Å². The van der Waals surface area contributed by atoms with Crippen LogP contribution in [0.4, 0.5) is 11.6 Å². The van der Waals surface area contributed by atoms with Crippen LogP contribution in [0.1, 0.15) is 16.1 Å². The monoisotopic (exact) mass is 363 g/mol. The number of hydrogen-bond donors (Lipinski definition) is 1. The summed E-state index contributed by atoms with van der Waals surface area (Å²) in [4.78, 5) is 16.3. The summed E-state index contributed by atoms with van der Waals surface area (Å²) in [5.41, 5.74) is 1.20. The molecular weight excluding hydrogens is 342 g/mol. The van der Waals surface area contributed by atoms with Crippen molar-refractivity contribution in [2.75, 3.05) is 36.4 Å². The highest BCUT2D eigenvalue weighted by molar-refractivity contribution is 5.91. The summed E-state index contributed by atoms with van der Waals surface area (Å²) in [6.07, 6.45) is 1.52. The second kappa shape index (κ2) is 7.90. The third kappa shape index (κ3) is 4.08. The maximum absolute atomic E-state index is 12.3. The van der Waals surface area contributed by atoms with Gasteiger partial charge in [0.2, 0.25) is 0 Å². The van der Waals surface area contributed by atoms with Crippen LogP contribution in [0.25, 0.3) is 0 Å². The SMILES string of the molecule is O=C(c1ccco1)N1CCN(c2ccc(NCc3ccccc3)nn2)CC1.